The fraction of sp³-hybridized carbons (Fsp3) is 0.571. The Hall–Kier alpha value is -2.35. The molecule has 0 spiro atoms. The predicted octanol–water partition coefficient (Wildman–Crippen LogP) is 2.89. The van der Waals surface area contributed by atoms with Crippen molar-refractivity contribution in [2.75, 3.05) is 0 Å². The third kappa shape index (κ3) is 3.09. The van der Waals surface area contributed by atoms with Crippen LogP contribution in [0.3, 0.4) is 0 Å². The molecule has 1 aromatic rings. The molecule has 0 saturated heterocycles. The number of carbonyl (C=O) groups excluding carboxylic acids is 1. The van der Waals surface area contributed by atoms with Crippen LogP contribution in [-0.4, -0.2) is 23.0 Å². The van der Waals surface area contributed by atoms with Crippen LogP contribution >= 0.6 is 0 Å². The quantitative estimate of drug-likeness (QED) is 0.852. The molecule has 136 valence electrons. The standard InChI is InChI=1S/C21H24N2O3/c22-12-14-3-1-2-13(4-14)8-18(19(24)25)23-20(26)21-9-15-5-16(10-21)7-17(6-15)11-21/h1-4,15-18H,5-11H2,(H,23,26)(H,24,25)/t15?,16?,17?,18-,21?/m0/s1. The molecule has 4 bridgehead atoms. The van der Waals surface area contributed by atoms with Gasteiger partial charge in [0.1, 0.15) is 6.04 Å². The van der Waals surface area contributed by atoms with Crippen LogP contribution in [0.2, 0.25) is 0 Å². The van der Waals surface area contributed by atoms with Crippen molar-refractivity contribution in [1.82, 2.24) is 5.32 Å². The second-order valence-electron chi connectivity index (χ2n) is 8.58. The Morgan fingerprint density at radius 1 is 1.19 bits per heavy atom. The summed E-state index contributed by atoms with van der Waals surface area (Å²) in [6, 6.07) is 8.03. The van der Waals surface area contributed by atoms with Crippen LogP contribution < -0.4 is 5.32 Å². The molecule has 5 nitrogen and oxygen atoms in total. The third-order valence-corrected chi connectivity index (χ3v) is 6.62. The summed E-state index contributed by atoms with van der Waals surface area (Å²) in [4.78, 5) is 24.8. The molecule has 0 unspecified atom stereocenters. The lowest BCUT2D eigenvalue weighted by Gasteiger charge is -2.55. The zero-order valence-corrected chi connectivity index (χ0v) is 14.8. The van der Waals surface area contributed by atoms with Gasteiger partial charge < -0.3 is 10.4 Å². The van der Waals surface area contributed by atoms with E-state index < -0.39 is 12.0 Å². The van der Waals surface area contributed by atoms with E-state index in [0.717, 1.165) is 24.8 Å². The van der Waals surface area contributed by atoms with Crippen molar-refractivity contribution < 1.29 is 14.7 Å². The highest BCUT2D eigenvalue weighted by Crippen LogP contribution is 2.60. The van der Waals surface area contributed by atoms with Gasteiger partial charge in [-0.1, -0.05) is 12.1 Å². The Balaban J connectivity index is 1.49. The number of carboxylic acids is 1. The van der Waals surface area contributed by atoms with Gasteiger partial charge in [0.2, 0.25) is 5.91 Å². The predicted molar refractivity (Wildman–Crippen MR) is 95.0 cm³/mol. The number of benzene rings is 1. The van der Waals surface area contributed by atoms with Crippen LogP contribution in [0.1, 0.15) is 49.7 Å². The first-order valence-electron chi connectivity index (χ1n) is 9.50. The molecule has 4 fully saturated rings. The molecule has 0 aliphatic heterocycles. The van der Waals surface area contributed by atoms with Crippen molar-refractivity contribution in [3.63, 3.8) is 0 Å². The zero-order valence-electron chi connectivity index (χ0n) is 14.8. The topological polar surface area (TPSA) is 90.2 Å². The minimum atomic E-state index is -1.02. The maximum Gasteiger partial charge on any atom is 0.326 e. The van der Waals surface area contributed by atoms with E-state index in [1.165, 1.54) is 19.3 Å². The number of carboxylic acid groups (broad SMARTS) is 1. The number of hydrogen-bond donors (Lipinski definition) is 2. The lowest BCUT2D eigenvalue weighted by Crippen LogP contribution is -2.56. The minimum Gasteiger partial charge on any atom is -0.480 e. The summed E-state index contributed by atoms with van der Waals surface area (Å²) in [6.07, 6.45) is 6.69. The van der Waals surface area contributed by atoms with E-state index in [4.69, 9.17) is 5.26 Å². The summed E-state index contributed by atoms with van der Waals surface area (Å²) in [6.45, 7) is 0. The molecular weight excluding hydrogens is 328 g/mol. The lowest BCUT2D eigenvalue weighted by molar-refractivity contribution is -0.151. The highest BCUT2D eigenvalue weighted by Gasteiger charge is 2.54. The molecule has 4 aliphatic carbocycles. The third-order valence-electron chi connectivity index (χ3n) is 6.62. The number of nitrogens with one attached hydrogen (secondary N) is 1. The Bertz CT molecular complexity index is 744. The van der Waals surface area contributed by atoms with Crippen LogP contribution in [0.5, 0.6) is 0 Å². The molecule has 0 aromatic heterocycles. The highest BCUT2D eigenvalue weighted by molar-refractivity contribution is 5.88. The van der Waals surface area contributed by atoms with Gasteiger partial charge in [0, 0.05) is 11.8 Å². The number of nitrogens with zero attached hydrogens (tertiary/aromatic N) is 1. The summed E-state index contributed by atoms with van der Waals surface area (Å²) < 4.78 is 0. The van der Waals surface area contributed by atoms with Gasteiger partial charge in [0.05, 0.1) is 11.6 Å². The minimum absolute atomic E-state index is 0.0690. The van der Waals surface area contributed by atoms with E-state index in [2.05, 4.69) is 11.4 Å². The van der Waals surface area contributed by atoms with Crippen molar-refractivity contribution in [3.8, 4) is 6.07 Å². The molecule has 0 radical (unpaired) electrons. The highest BCUT2D eigenvalue weighted by atomic mass is 16.4. The molecule has 1 amide bonds. The van der Waals surface area contributed by atoms with Gasteiger partial charge in [-0.2, -0.15) is 5.26 Å². The van der Waals surface area contributed by atoms with E-state index in [1.54, 1.807) is 24.3 Å². The molecule has 1 atom stereocenters. The van der Waals surface area contributed by atoms with Gasteiger partial charge in [-0.25, -0.2) is 4.79 Å². The second-order valence-corrected chi connectivity index (χ2v) is 8.58. The van der Waals surface area contributed by atoms with E-state index in [0.29, 0.717) is 23.3 Å². The maximum atomic E-state index is 13.1. The summed E-state index contributed by atoms with van der Waals surface area (Å²) in [7, 11) is 0. The van der Waals surface area contributed by atoms with Gasteiger partial charge in [-0.3, -0.25) is 4.79 Å². The molecule has 5 heteroatoms. The number of amides is 1. The van der Waals surface area contributed by atoms with Crippen molar-refractivity contribution in [2.45, 2.75) is 51.0 Å². The zero-order chi connectivity index (χ0) is 18.3. The van der Waals surface area contributed by atoms with Gasteiger partial charge in [0.25, 0.3) is 0 Å². The van der Waals surface area contributed by atoms with Gasteiger partial charge in [-0.05, 0) is 74.0 Å². The van der Waals surface area contributed by atoms with Crippen molar-refractivity contribution >= 4 is 11.9 Å². The van der Waals surface area contributed by atoms with Gasteiger partial charge >= 0.3 is 5.97 Å². The molecule has 26 heavy (non-hydrogen) atoms. The summed E-state index contributed by atoms with van der Waals surface area (Å²) in [5.41, 5.74) is 0.901. The first-order valence-corrected chi connectivity index (χ1v) is 9.50. The van der Waals surface area contributed by atoms with Crippen LogP contribution in [0.15, 0.2) is 24.3 Å². The Morgan fingerprint density at radius 2 is 1.81 bits per heavy atom. The lowest BCUT2D eigenvalue weighted by atomic mass is 9.49. The Labute approximate surface area is 153 Å². The number of aliphatic carboxylic acids is 1. The normalized spacial score (nSPS) is 32.7. The average molecular weight is 352 g/mol. The van der Waals surface area contributed by atoms with Crippen molar-refractivity contribution in [2.24, 2.45) is 23.2 Å². The van der Waals surface area contributed by atoms with Crippen molar-refractivity contribution in [1.29, 1.82) is 5.26 Å². The summed E-state index contributed by atoms with van der Waals surface area (Å²) >= 11 is 0. The van der Waals surface area contributed by atoms with E-state index in [1.807, 2.05) is 0 Å². The van der Waals surface area contributed by atoms with E-state index >= 15 is 0 Å². The van der Waals surface area contributed by atoms with Crippen LogP contribution in [0, 0.1) is 34.5 Å². The molecule has 0 heterocycles. The van der Waals surface area contributed by atoms with Crippen LogP contribution in [0.25, 0.3) is 0 Å². The first-order chi connectivity index (χ1) is 12.5. The van der Waals surface area contributed by atoms with Crippen molar-refractivity contribution in [3.05, 3.63) is 35.4 Å². The smallest absolute Gasteiger partial charge is 0.326 e. The van der Waals surface area contributed by atoms with Gasteiger partial charge in [0.15, 0.2) is 0 Å². The summed E-state index contributed by atoms with van der Waals surface area (Å²) in [5, 5.41) is 21.5. The van der Waals surface area contributed by atoms with Crippen LogP contribution in [-0.2, 0) is 16.0 Å². The largest absolute Gasteiger partial charge is 0.480 e. The van der Waals surface area contributed by atoms with E-state index in [9.17, 15) is 14.7 Å². The second kappa shape index (κ2) is 6.42. The molecule has 2 N–H and O–H groups in total. The Kier molecular flexibility index (Phi) is 4.22. The first kappa shape index (κ1) is 17.1. The number of carbonyl (C=O) groups is 2. The fourth-order valence-corrected chi connectivity index (χ4v) is 5.90. The Morgan fingerprint density at radius 3 is 2.35 bits per heavy atom. The molecule has 1 aromatic carbocycles. The van der Waals surface area contributed by atoms with E-state index in [-0.39, 0.29) is 17.7 Å². The molecule has 4 aliphatic rings. The monoisotopic (exact) mass is 352 g/mol. The SMILES string of the molecule is N#Cc1cccc(C[C@H](NC(=O)C23CC4CC(CC(C4)C2)C3)C(=O)O)c1. The number of rotatable bonds is 5. The van der Waals surface area contributed by atoms with Gasteiger partial charge in [-0.15, -0.1) is 0 Å². The summed E-state index contributed by atoms with van der Waals surface area (Å²) in [5.74, 6) is 0.832. The maximum absolute atomic E-state index is 13.1. The van der Waals surface area contributed by atoms with Crippen LogP contribution in [0.4, 0.5) is 0 Å². The number of nitriles is 1. The fourth-order valence-electron chi connectivity index (χ4n) is 5.90. The molecule has 4 saturated carbocycles. The molecule has 5 rings (SSSR count). The number of hydrogen-bond acceptors (Lipinski definition) is 3. The molecular formula is C21H24N2O3. The average Bonchev–Trinajstić information content (AvgIpc) is 2.60.